The van der Waals surface area contributed by atoms with Crippen molar-refractivity contribution in [3.8, 4) is 0 Å². The second-order valence-corrected chi connectivity index (χ2v) is 6.16. The fourth-order valence-corrected chi connectivity index (χ4v) is 2.50. The van der Waals surface area contributed by atoms with Crippen LogP contribution in [0.15, 0.2) is 30.5 Å². The maximum atomic E-state index is 12.2. The highest BCUT2D eigenvalue weighted by Crippen LogP contribution is 2.19. The van der Waals surface area contributed by atoms with Gasteiger partial charge in [0, 0.05) is 18.7 Å². The minimum absolute atomic E-state index is 0.0449. The molecule has 0 unspecified atom stereocenters. The molecule has 0 saturated heterocycles. The number of benzene rings is 1. The number of amides is 2. The van der Waals surface area contributed by atoms with Crippen LogP contribution in [0.1, 0.15) is 29.0 Å². The van der Waals surface area contributed by atoms with Crippen LogP contribution in [-0.2, 0) is 11.3 Å². The monoisotopic (exact) mass is 373 g/mol. The van der Waals surface area contributed by atoms with Gasteiger partial charge >= 0.3 is 17.8 Å². The Hall–Kier alpha value is -3.43. The van der Waals surface area contributed by atoms with E-state index in [1.165, 1.54) is 16.8 Å². The highest BCUT2D eigenvalue weighted by atomic mass is 16.6. The maximum absolute atomic E-state index is 12.2. The number of hydrogen-bond donors (Lipinski definition) is 2. The molecule has 1 aliphatic rings. The second-order valence-electron chi connectivity index (χ2n) is 6.16. The Morgan fingerprint density at radius 2 is 2.19 bits per heavy atom. The molecule has 2 N–H and O–H groups in total. The Morgan fingerprint density at radius 3 is 2.89 bits per heavy atom. The number of anilines is 1. The molecule has 0 radical (unpaired) electrons. The van der Waals surface area contributed by atoms with Gasteiger partial charge in [-0.15, -0.1) is 0 Å². The number of nitrogens with zero attached hydrogens (tertiary/aromatic N) is 3. The highest BCUT2D eigenvalue weighted by molar-refractivity contribution is 5.94. The van der Waals surface area contributed by atoms with E-state index >= 15 is 0 Å². The number of hydrogen-bond acceptors (Lipinski definition) is 6. The average Bonchev–Trinajstić information content (AvgIpc) is 3.36. The van der Waals surface area contributed by atoms with Crippen LogP contribution < -0.4 is 10.6 Å². The summed E-state index contributed by atoms with van der Waals surface area (Å²) in [7, 11) is 0. The minimum Gasteiger partial charge on any atom is -0.458 e. The van der Waals surface area contributed by atoms with Crippen LogP contribution in [0, 0.1) is 17.0 Å². The molecule has 27 heavy (non-hydrogen) atoms. The van der Waals surface area contributed by atoms with Crippen molar-refractivity contribution >= 4 is 23.5 Å². The van der Waals surface area contributed by atoms with Crippen molar-refractivity contribution in [3.05, 3.63) is 52.0 Å². The zero-order chi connectivity index (χ0) is 19.4. The van der Waals surface area contributed by atoms with E-state index < -0.39 is 10.9 Å². The second kappa shape index (κ2) is 7.85. The number of carbonyl (C=O) groups excluding carboxylic acids is 2. The summed E-state index contributed by atoms with van der Waals surface area (Å²) < 4.78 is 6.56. The third-order valence-electron chi connectivity index (χ3n) is 4.04. The van der Waals surface area contributed by atoms with Crippen molar-refractivity contribution < 1.29 is 19.2 Å². The Bertz CT molecular complexity index is 874. The molecule has 1 aromatic heterocycles. The van der Waals surface area contributed by atoms with Gasteiger partial charge in [0.05, 0.1) is 5.56 Å². The number of nitro groups is 1. The molecule has 0 aliphatic heterocycles. The molecule has 1 aromatic carbocycles. The van der Waals surface area contributed by atoms with Crippen molar-refractivity contribution in [2.45, 2.75) is 32.4 Å². The molecule has 3 rings (SSSR count). The first kappa shape index (κ1) is 18.4. The molecular weight excluding hydrogens is 354 g/mol. The van der Waals surface area contributed by atoms with Gasteiger partial charge in [0.1, 0.15) is 19.3 Å². The molecule has 0 spiro atoms. The largest absolute Gasteiger partial charge is 0.458 e. The van der Waals surface area contributed by atoms with Crippen LogP contribution in [0.5, 0.6) is 0 Å². The van der Waals surface area contributed by atoms with Gasteiger partial charge in [-0.3, -0.25) is 0 Å². The predicted octanol–water partition coefficient (Wildman–Crippen LogP) is 2.24. The summed E-state index contributed by atoms with van der Waals surface area (Å²) in [5.41, 5.74) is 0.750. The number of rotatable bonds is 7. The lowest BCUT2D eigenvalue weighted by Gasteiger charge is -2.09. The summed E-state index contributed by atoms with van der Waals surface area (Å²) in [6, 6.07) is 6.30. The lowest BCUT2D eigenvalue weighted by atomic mass is 10.2. The maximum Gasteiger partial charge on any atom is 0.342 e. The lowest BCUT2D eigenvalue weighted by Crippen LogP contribution is -2.30. The van der Waals surface area contributed by atoms with E-state index in [0.717, 1.165) is 12.8 Å². The number of ether oxygens (including phenoxy) is 1. The average molecular weight is 373 g/mol. The zero-order valence-electron chi connectivity index (χ0n) is 14.7. The minimum atomic E-state index is -0.582. The zero-order valence-corrected chi connectivity index (χ0v) is 14.7. The Kier molecular flexibility index (Phi) is 5.34. The molecule has 2 aromatic rings. The number of imidazole rings is 1. The van der Waals surface area contributed by atoms with Gasteiger partial charge in [0.15, 0.2) is 5.82 Å². The summed E-state index contributed by atoms with van der Waals surface area (Å²) in [5, 5.41) is 16.4. The Balaban J connectivity index is 1.55. The lowest BCUT2D eigenvalue weighted by molar-refractivity contribution is -0.392. The smallest absolute Gasteiger partial charge is 0.342 e. The Labute approximate surface area is 154 Å². The summed E-state index contributed by atoms with van der Waals surface area (Å²) in [5.74, 6) is -0.274. The number of aryl methyl sites for hydroxylation is 1. The topological polar surface area (TPSA) is 128 Å². The van der Waals surface area contributed by atoms with Crippen LogP contribution >= 0.6 is 0 Å². The molecular formula is C17H19N5O5. The summed E-state index contributed by atoms with van der Waals surface area (Å²) in [6.45, 7) is 1.71. The number of carbonyl (C=O) groups is 2. The van der Waals surface area contributed by atoms with Crippen molar-refractivity contribution in [1.29, 1.82) is 0 Å². The predicted molar refractivity (Wildman–Crippen MR) is 95.5 cm³/mol. The molecule has 0 bridgehead atoms. The Morgan fingerprint density at radius 1 is 1.41 bits per heavy atom. The first-order valence-corrected chi connectivity index (χ1v) is 8.45. The summed E-state index contributed by atoms with van der Waals surface area (Å²) >= 11 is 0. The van der Waals surface area contributed by atoms with E-state index in [1.807, 2.05) is 0 Å². The quantitative estimate of drug-likeness (QED) is 0.435. The van der Waals surface area contributed by atoms with E-state index in [0.29, 0.717) is 11.5 Å². The molecule has 0 atom stereocenters. The number of aromatic nitrogens is 2. The first-order valence-electron chi connectivity index (χ1n) is 8.45. The normalized spacial score (nSPS) is 13.1. The molecule has 142 valence electrons. The fourth-order valence-electron chi connectivity index (χ4n) is 2.50. The van der Waals surface area contributed by atoms with Gasteiger partial charge in [0.2, 0.25) is 0 Å². The van der Waals surface area contributed by atoms with Crippen LogP contribution in [-0.4, -0.2) is 39.1 Å². The van der Waals surface area contributed by atoms with Crippen molar-refractivity contribution in [1.82, 2.24) is 14.9 Å². The van der Waals surface area contributed by atoms with E-state index in [4.69, 9.17) is 4.74 Å². The van der Waals surface area contributed by atoms with Gasteiger partial charge in [-0.1, -0.05) is 6.07 Å². The van der Waals surface area contributed by atoms with Crippen molar-refractivity contribution in [3.63, 3.8) is 0 Å². The van der Waals surface area contributed by atoms with Gasteiger partial charge in [-0.25, -0.2) is 19.1 Å². The van der Waals surface area contributed by atoms with E-state index in [2.05, 4.69) is 15.6 Å². The highest BCUT2D eigenvalue weighted by Gasteiger charge is 2.23. The van der Waals surface area contributed by atoms with Crippen LogP contribution in [0.2, 0.25) is 0 Å². The van der Waals surface area contributed by atoms with E-state index in [-0.39, 0.29) is 36.6 Å². The van der Waals surface area contributed by atoms with Crippen molar-refractivity contribution in [2.75, 3.05) is 11.9 Å². The van der Waals surface area contributed by atoms with Crippen LogP contribution in [0.4, 0.5) is 16.3 Å². The van der Waals surface area contributed by atoms with Crippen LogP contribution in [0.3, 0.4) is 0 Å². The summed E-state index contributed by atoms with van der Waals surface area (Å²) in [6.07, 6.45) is 3.13. The third-order valence-corrected chi connectivity index (χ3v) is 4.04. The molecule has 10 heteroatoms. The fraction of sp³-hybridized carbons (Fsp3) is 0.353. The SMILES string of the molecule is Cc1ncc([N+](=O)[O-])n1CCOC(=O)c1cccc(NC(=O)NC2CC2)c1. The molecule has 10 nitrogen and oxygen atoms in total. The van der Waals surface area contributed by atoms with Gasteiger partial charge in [0.25, 0.3) is 0 Å². The number of esters is 1. The third kappa shape index (κ3) is 4.81. The van der Waals surface area contributed by atoms with E-state index in [1.54, 1.807) is 25.1 Å². The van der Waals surface area contributed by atoms with Crippen LogP contribution in [0.25, 0.3) is 0 Å². The van der Waals surface area contributed by atoms with E-state index in [9.17, 15) is 19.7 Å². The molecule has 1 fully saturated rings. The van der Waals surface area contributed by atoms with Gasteiger partial charge in [-0.05, 0) is 36.0 Å². The number of urea groups is 1. The standard InChI is InChI=1S/C17H19N5O5/c1-11-18-10-15(22(25)26)21(11)7-8-27-16(23)12-3-2-4-14(9-12)20-17(24)19-13-5-6-13/h2-4,9-10,13H,5-8H2,1H3,(H2,19,20,24). The molecule has 1 saturated carbocycles. The van der Waals surface area contributed by atoms with Gasteiger partial charge < -0.3 is 25.5 Å². The van der Waals surface area contributed by atoms with Crippen molar-refractivity contribution in [2.24, 2.45) is 0 Å². The summed E-state index contributed by atoms with van der Waals surface area (Å²) in [4.78, 5) is 38.3. The molecule has 2 amide bonds. The van der Waals surface area contributed by atoms with Gasteiger partial charge in [-0.2, -0.15) is 0 Å². The number of nitrogens with one attached hydrogen (secondary N) is 2. The molecule has 1 heterocycles. The molecule has 1 aliphatic carbocycles. The first-order chi connectivity index (χ1) is 12.9.